The molecule has 0 bridgehead atoms. The van der Waals surface area contributed by atoms with Crippen molar-refractivity contribution in [1.82, 2.24) is 0 Å². The van der Waals surface area contributed by atoms with Gasteiger partial charge in [0.15, 0.2) is 0 Å². The van der Waals surface area contributed by atoms with Gasteiger partial charge in [0.2, 0.25) is 0 Å². The first-order valence-electron chi connectivity index (χ1n) is 6.48. The first-order chi connectivity index (χ1) is 9.10. The van der Waals surface area contributed by atoms with E-state index < -0.39 is 6.10 Å². The minimum atomic E-state index is -0.504. The average molecular weight is 256 g/mol. The molecule has 2 rings (SSSR count). The van der Waals surface area contributed by atoms with Crippen molar-refractivity contribution in [2.45, 2.75) is 26.4 Å². The van der Waals surface area contributed by atoms with Crippen LogP contribution in [0.5, 0.6) is 5.75 Å². The third kappa shape index (κ3) is 3.36. The average Bonchev–Trinajstić information content (AvgIpc) is 2.39. The molecule has 2 aromatic rings. The van der Waals surface area contributed by atoms with Crippen LogP contribution < -0.4 is 4.74 Å². The zero-order valence-electron chi connectivity index (χ0n) is 11.7. The van der Waals surface area contributed by atoms with Gasteiger partial charge in [-0.25, -0.2) is 0 Å². The first-order valence-corrected chi connectivity index (χ1v) is 6.48. The Hall–Kier alpha value is -1.80. The molecule has 0 heterocycles. The summed E-state index contributed by atoms with van der Waals surface area (Å²) < 4.78 is 5.35. The van der Waals surface area contributed by atoms with Gasteiger partial charge in [0.25, 0.3) is 0 Å². The first kappa shape index (κ1) is 13.6. The minimum absolute atomic E-state index is 0.504. The number of aliphatic hydroxyl groups excluding tert-OH is 1. The van der Waals surface area contributed by atoms with Crippen LogP contribution in [0.3, 0.4) is 0 Å². The molecule has 0 aliphatic heterocycles. The van der Waals surface area contributed by atoms with Crippen LogP contribution in [0.15, 0.2) is 42.5 Å². The summed E-state index contributed by atoms with van der Waals surface area (Å²) in [7, 11) is 1.66. The molecule has 0 fully saturated rings. The summed E-state index contributed by atoms with van der Waals surface area (Å²) in [6.07, 6.45) is 0.0597. The fourth-order valence-corrected chi connectivity index (χ4v) is 2.27. The summed E-state index contributed by atoms with van der Waals surface area (Å²) in [6, 6.07) is 14.0. The van der Waals surface area contributed by atoms with Crippen molar-refractivity contribution in [3.8, 4) is 5.75 Å². The number of methoxy groups -OCH3 is 1. The number of hydrogen-bond donors (Lipinski definition) is 1. The van der Waals surface area contributed by atoms with E-state index in [2.05, 4.69) is 6.07 Å². The summed E-state index contributed by atoms with van der Waals surface area (Å²) in [6.45, 7) is 4.07. The van der Waals surface area contributed by atoms with Crippen molar-refractivity contribution in [1.29, 1.82) is 0 Å². The zero-order valence-corrected chi connectivity index (χ0v) is 11.7. The Morgan fingerprint density at radius 2 is 1.79 bits per heavy atom. The van der Waals surface area contributed by atoms with Crippen molar-refractivity contribution < 1.29 is 9.84 Å². The van der Waals surface area contributed by atoms with Crippen LogP contribution in [0, 0.1) is 13.8 Å². The molecule has 2 aromatic carbocycles. The number of benzene rings is 2. The van der Waals surface area contributed by atoms with Gasteiger partial charge in [-0.1, -0.05) is 47.5 Å². The molecule has 0 amide bonds. The molecule has 0 radical (unpaired) electrons. The molecular weight excluding hydrogens is 236 g/mol. The molecular formula is C17H20O2. The third-order valence-electron chi connectivity index (χ3n) is 3.28. The Kier molecular flexibility index (Phi) is 4.23. The maximum atomic E-state index is 10.4. The summed E-state index contributed by atoms with van der Waals surface area (Å²) in [5.74, 6) is 0.831. The molecule has 1 unspecified atom stereocenters. The zero-order chi connectivity index (χ0) is 13.8. The van der Waals surface area contributed by atoms with Crippen LogP contribution in [0.4, 0.5) is 0 Å². The van der Waals surface area contributed by atoms with E-state index in [4.69, 9.17) is 4.74 Å². The van der Waals surface area contributed by atoms with Gasteiger partial charge in [-0.05, 0) is 31.0 Å². The minimum Gasteiger partial charge on any atom is -0.496 e. The lowest BCUT2D eigenvalue weighted by Crippen LogP contribution is -2.04. The maximum Gasteiger partial charge on any atom is 0.122 e. The topological polar surface area (TPSA) is 29.5 Å². The predicted octanol–water partition coefficient (Wildman–Crippen LogP) is 3.59. The Morgan fingerprint density at radius 1 is 1.05 bits per heavy atom. The van der Waals surface area contributed by atoms with Crippen molar-refractivity contribution >= 4 is 0 Å². The third-order valence-corrected chi connectivity index (χ3v) is 3.28. The fraction of sp³-hybridized carbons (Fsp3) is 0.294. The van der Waals surface area contributed by atoms with Crippen LogP contribution in [-0.4, -0.2) is 12.2 Å². The second-order valence-electron chi connectivity index (χ2n) is 4.95. The molecule has 2 heteroatoms. The van der Waals surface area contributed by atoms with Crippen LogP contribution in [0.1, 0.15) is 28.4 Å². The Balaban J connectivity index is 2.23. The molecule has 1 N–H and O–H groups in total. The van der Waals surface area contributed by atoms with E-state index in [9.17, 15) is 5.11 Å². The van der Waals surface area contributed by atoms with E-state index >= 15 is 0 Å². The quantitative estimate of drug-likeness (QED) is 0.906. The maximum absolute atomic E-state index is 10.4. The van der Waals surface area contributed by atoms with Gasteiger partial charge in [-0.2, -0.15) is 0 Å². The van der Waals surface area contributed by atoms with Crippen molar-refractivity contribution in [3.05, 3.63) is 64.7 Å². The van der Waals surface area contributed by atoms with Gasteiger partial charge in [-0.15, -0.1) is 0 Å². The second kappa shape index (κ2) is 5.89. The molecule has 19 heavy (non-hydrogen) atoms. The van der Waals surface area contributed by atoms with Crippen LogP contribution in [-0.2, 0) is 6.42 Å². The predicted molar refractivity (Wildman–Crippen MR) is 77.6 cm³/mol. The smallest absolute Gasteiger partial charge is 0.122 e. The monoisotopic (exact) mass is 256 g/mol. The summed E-state index contributed by atoms with van der Waals surface area (Å²) in [5.41, 5.74) is 4.32. The molecule has 0 aliphatic rings. The normalized spacial score (nSPS) is 12.2. The van der Waals surface area contributed by atoms with E-state index in [1.807, 2.05) is 50.2 Å². The standard InChI is InChI=1S/C17H20O2/c1-12-5-4-6-14(9-12)16(18)11-15-10-13(2)7-8-17(15)19-3/h4-10,16,18H,11H2,1-3H3. The highest BCUT2D eigenvalue weighted by Gasteiger charge is 2.12. The number of ether oxygens (including phenoxy) is 1. The molecule has 0 saturated carbocycles. The molecule has 0 saturated heterocycles. The van der Waals surface area contributed by atoms with Crippen molar-refractivity contribution in [2.75, 3.05) is 7.11 Å². The van der Waals surface area contributed by atoms with E-state index in [-0.39, 0.29) is 0 Å². The van der Waals surface area contributed by atoms with Gasteiger partial charge < -0.3 is 9.84 Å². The van der Waals surface area contributed by atoms with E-state index in [1.165, 1.54) is 5.56 Å². The Labute approximate surface area is 114 Å². The Bertz CT molecular complexity index is 561. The molecule has 0 aliphatic carbocycles. The summed E-state index contributed by atoms with van der Waals surface area (Å²) >= 11 is 0. The fourth-order valence-electron chi connectivity index (χ4n) is 2.27. The summed E-state index contributed by atoms with van der Waals surface area (Å²) in [5, 5.41) is 10.4. The lowest BCUT2D eigenvalue weighted by Gasteiger charge is -2.15. The molecule has 0 aromatic heterocycles. The number of rotatable bonds is 4. The highest BCUT2D eigenvalue weighted by atomic mass is 16.5. The van der Waals surface area contributed by atoms with E-state index in [0.29, 0.717) is 6.42 Å². The SMILES string of the molecule is COc1ccc(C)cc1CC(O)c1cccc(C)c1. The molecule has 1 atom stereocenters. The van der Waals surface area contributed by atoms with Crippen LogP contribution >= 0.6 is 0 Å². The lowest BCUT2D eigenvalue weighted by atomic mass is 9.98. The van der Waals surface area contributed by atoms with Crippen molar-refractivity contribution in [3.63, 3.8) is 0 Å². The highest BCUT2D eigenvalue weighted by molar-refractivity contribution is 5.38. The van der Waals surface area contributed by atoms with Gasteiger partial charge in [0, 0.05) is 6.42 Å². The Morgan fingerprint density at radius 3 is 2.47 bits per heavy atom. The highest BCUT2D eigenvalue weighted by Crippen LogP contribution is 2.26. The number of hydrogen-bond acceptors (Lipinski definition) is 2. The molecule has 2 nitrogen and oxygen atoms in total. The van der Waals surface area contributed by atoms with Gasteiger partial charge in [-0.3, -0.25) is 0 Å². The van der Waals surface area contributed by atoms with Gasteiger partial charge in [0.05, 0.1) is 13.2 Å². The lowest BCUT2D eigenvalue weighted by molar-refractivity contribution is 0.177. The van der Waals surface area contributed by atoms with Crippen LogP contribution in [0.25, 0.3) is 0 Å². The number of aliphatic hydroxyl groups is 1. The van der Waals surface area contributed by atoms with E-state index in [1.54, 1.807) is 7.11 Å². The molecule has 100 valence electrons. The van der Waals surface area contributed by atoms with Crippen molar-refractivity contribution in [2.24, 2.45) is 0 Å². The summed E-state index contributed by atoms with van der Waals surface area (Å²) in [4.78, 5) is 0. The molecule has 0 spiro atoms. The van der Waals surface area contributed by atoms with Gasteiger partial charge in [0.1, 0.15) is 5.75 Å². The number of aryl methyl sites for hydroxylation is 2. The largest absolute Gasteiger partial charge is 0.496 e. The van der Waals surface area contributed by atoms with E-state index in [0.717, 1.165) is 22.4 Å². The van der Waals surface area contributed by atoms with Gasteiger partial charge >= 0.3 is 0 Å². The second-order valence-corrected chi connectivity index (χ2v) is 4.95. The van der Waals surface area contributed by atoms with Crippen LogP contribution in [0.2, 0.25) is 0 Å².